The van der Waals surface area contributed by atoms with Crippen LogP contribution in [0.2, 0.25) is 5.02 Å². The Balaban J connectivity index is 2.33. The molecule has 0 atom stereocenters. The second kappa shape index (κ2) is 4.55. The lowest BCUT2D eigenvalue weighted by atomic mass is 10.2. The summed E-state index contributed by atoms with van der Waals surface area (Å²) in [5.41, 5.74) is 6.51. The van der Waals surface area contributed by atoms with Gasteiger partial charge in [0, 0.05) is 36.6 Å². The molecule has 1 aromatic carbocycles. The fourth-order valence-corrected chi connectivity index (χ4v) is 1.50. The van der Waals surface area contributed by atoms with E-state index in [2.05, 4.69) is 4.98 Å². The highest BCUT2D eigenvalue weighted by atomic mass is 35.5. The zero-order valence-corrected chi connectivity index (χ0v) is 9.61. The minimum atomic E-state index is 0.400. The maximum atomic E-state index is 5.91. The summed E-state index contributed by atoms with van der Waals surface area (Å²) in [5, 5.41) is 0.612. The molecule has 0 saturated carbocycles. The van der Waals surface area contributed by atoms with Gasteiger partial charge in [-0.3, -0.25) is 0 Å². The van der Waals surface area contributed by atoms with E-state index >= 15 is 0 Å². The van der Waals surface area contributed by atoms with Crippen molar-refractivity contribution in [2.24, 2.45) is 12.8 Å². The second-order valence-corrected chi connectivity index (χ2v) is 3.82. The second-order valence-electron chi connectivity index (χ2n) is 3.38. The molecule has 0 saturated heterocycles. The van der Waals surface area contributed by atoms with Crippen LogP contribution in [-0.2, 0) is 13.6 Å². The maximum Gasteiger partial charge on any atom is 0.301 e. The number of hydrogen-bond donors (Lipinski definition) is 1. The van der Waals surface area contributed by atoms with Gasteiger partial charge >= 0.3 is 6.01 Å². The molecule has 2 aromatic rings. The Morgan fingerprint density at radius 2 is 2.31 bits per heavy atom. The SMILES string of the molecule is Cn1ccnc1Oc1cc(Cl)ccc1CN. The zero-order chi connectivity index (χ0) is 11.5. The molecule has 0 amide bonds. The molecule has 0 spiro atoms. The molecule has 0 unspecified atom stereocenters. The van der Waals surface area contributed by atoms with Crippen LogP contribution < -0.4 is 10.5 Å². The lowest BCUT2D eigenvalue weighted by Crippen LogP contribution is -2.01. The van der Waals surface area contributed by atoms with Crippen LogP contribution >= 0.6 is 11.6 Å². The third kappa shape index (κ3) is 2.18. The maximum absolute atomic E-state index is 5.91. The van der Waals surface area contributed by atoms with Crippen LogP contribution in [-0.4, -0.2) is 9.55 Å². The van der Waals surface area contributed by atoms with Crippen molar-refractivity contribution in [3.8, 4) is 11.8 Å². The monoisotopic (exact) mass is 237 g/mol. The van der Waals surface area contributed by atoms with Crippen molar-refractivity contribution in [2.75, 3.05) is 0 Å². The van der Waals surface area contributed by atoms with Crippen molar-refractivity contribution < 1.29 is 4.74 Å². The minimum absolute atomic E-state index is 0.400. The van der Waals surface area contributed by atoms with Crippen molar-refractivity contribution >= 4 is 11.6 Å². The zero-order valence-electron chi connectivity index (χ0n) is 8.85. The summed E-state index contributed by atoms with van der Waals surface area (Å²) >= 11 is 5.91. The summed E-state index contributed by atoms with van der Waals surface area (Å²) in [7, 11) is 1.86. The third-order valence-electron chi connectivity index (χ3n) is 2.23. The quantitative estimate of drug-likeness (QED) is 0.892. The Hall–Kier alpha value is -1.52. The van der Waals surface area contributed by atoms with Gasteiger partial charge in [-0.15, -0.1) is 0 Å². The molecule has 4 nitrogen and oxygen atoms in total. The van der Waals surface area contributed by atoms with Crippen LogP contribution in [0.25, 0.3) is 0 Å². The molecule has 2 N–H and O–H groups in total. The van der Waals surface area contributed by atoms with Gasteiger partial charge in [-0.1, -0.05) is 17.7 Å². The summed E-state index contributed by atoms with van der Waals surface area (Å²) < 4.78 is 7.42. The number of aryl methyl sites for hydroxylation is 1. The topological polar surface area (TPSA) is 53.1 Å². The smallest absolute Gasteiger partial charge is 0.301 e. The van der Waals surface area contributed by atoms with Crippen LogP contribution in [0, 0.1) is 0 Å². The number of aromatic nitrogens is 2. The average molecular weight is 238 g/mol. The first-order valence-corrected chi connectivity index (χ1v) is 5.22. The molecule has 0 aliphatic heterocycles. The predicted octanol–water partition coefficient (Wildman–Crippen LogP) is 2.32. The first kappa shape index (κ1) is 11.0. The van der Waals surface area contributed by atoms with Crippen LogP contribution in [0.4, 0.5) is 0 Å². The van der Waals surface area contributed by atoms with Crippen LogP contribution in [0.5, 0.6) is 11.8 Å². The molecule has 5 heteroatoms. The number of nitrogens with zero attached hydrogens (tertiary/aromatic N) is 2. The van der Waals surface area contributed by atoms with Gasteiger partial charge in [0.05, 0.1) is 0 Å². The standard InChI is InChI=1S/C11H12ClN3O/c1-15-5-4-14-11(15)16-10-6-9(12)3-2-8(10)7-13/h2-6H,7,13H2,1H3. The van der Waals surface area contributed by atoms with E-state index in [1.807, 2.05) is 19.3 Å². The molecular formula is C11H12ClN3O. The molecule has 84 valence electrons. The molecule has 1 aromatic heterocycles. The predicted molar refractivity (Wildman–Crippen MR) is 62.6 cm³/mol. The van der Waals surface area contributed by atoms with E-state index < -0.39 is 0 Å². The molecular weight excluding hydrogens is 226 g/mol. The van der Waals surface area contributed by atoms with Crippen LogP contribution in [0.1, 0.15) is 5.56 Å². The van der Waals surface area contributed by atoms with E-state index in [1.54, 1.807) is 22.9 Å². The fraction of sp³-hybridized carbons (Fsp3) is 0.182. The van der Waals surface area contributed by atoms with Crippen molar-refractivity contribution in [3.05, 3.63) is 41.2 Å². The Labute approximate surface area is 98.6 Å². The number of benzene rings is 1. The third-order valence-corrected chi connectivity index (χ3v) is 2.46. The van der Waals surface area contributed by atoms with Crippen molar-refractivity contribution in [2.45, 2.75) is 6.54 Å². The Kier molecular flexibility index (Phi) is 3.12. The summed E-state index contributed by atoms with van der Waals surface area (Å²) in [5.74, 6) is 0.643. The summed E-state index contributed by atoms with van der Waals surface area (Å²) in [6.07, 6.45) is 3.48. The molecule has 0 fully saturated rings. The summed E-state index contributed by atoms with van der Waals surface area (Å²) in [6.45, 7) is 0.400. The first-order chi connectivity index (χ1) is 7.70. The van der Waals surface area contributed by atoms with Crippen LogP contribution in [0.3, 0.4) is 0 Å². The highest BCUT2D eigenvalue weighted by Crippen LogP contribution is 2.27. The lowest BCUT2D eigenvalue weighted by Gasteiger charge is -2.09. The molecule has 0 radical (unpaired) electrons. The highest BCUT2D eigenvalue weighted by molar-refractivity contribution is 6.30. The number of hydrogen-bond acceptors (Lipinski definition) is 3. The van der Waals surface area contributed by atoms with Crippen molar-refractivity contribution in [1.82, 2.24) is 9.55 Å². The normalized spacial score (nSPS) is 10.4. The van der Waals surface area contributed by atoms with Crippen LogP contribution in [0.15, 0.2) is 30.6 Å². The molecule has 0 aliphatic carbocycles. The van der Waals surface area contributed by atoms with Gasteiger partial charge in [0.15, 0.2) is 0 Å². The van der Waals surface area contributed by atoms with Gasteiger partial charge in [-0.2, -0.15) is 0 Å². The number of imidazole rings is 1. The molecule has 2 rings (SSSR count). The fourth-order valence-electron chi connectivity index (χ4n) is 1.34. The Morgan fingerprint density at radius 1 is 1.50 bits per heavy atom. The number of nitrogens with two attached hydrogens (primary N) is 1. The van der Waals surface area contributed by atoms with Gasteiger partial charge in [-0.25, -0.2) is 4.98 Å². The van der Waals surface area contributed by atoms with Crippen molar-refractivity contribution in [3.63, 3.8) is 0 Å². The van der Waals surface area contributed by atoms with E-state index in [4.69, 9.17) is 22.1 Å². The number of halogens is 1. The molecule has 16 heavy (non-hydrogen) atoms. The molecule has 0 bridgehead atoms. The number of ether oxygens (including phenoxy) is 1. The average Bonchev–Trinajstić information content (AvgIpc) is 2.65. The Morgan fingerprint density at radius 3 is 2.94 bits per heavy atom. The largest absolute Gasteiger partial charge is 0.425 e. The first-order valence-electron chi connectivity index (χ1n) is 4.84. The van der Waals surface area contributed by atoms with Gasteiger partial charge in [0.2, 0.25) is 0 Å². The minimum Gasteiger partial charge on any atom is -0.425 e. The number of rotatable bonds is 3. The van der Waals surface area contributed by atoms with Gasteiger partial charge in [-0.05, 0) is 12.1 Å². The molecule has 0 aliphatic rings. The van der Waals surface area contributed by atoms with E-state index in [9.17, 15) is 0 Å². The van der Waals surface area contributed by atoms with Crippen molar-refractivity contribution in [1.29, 1.82) is 0 Å². The summed E-state index contributed by atoms with van der Waals surface area (Å²) in [4.78, 5) is 4.07. The van der Waals surface area contributed by atoms with E-state index in [1.165, 1.54) is 0 Å². The summed E-state index contributed by atoms with van der Waals surface area (Å²) in [6, 6.07) is 5.88. The Bertz CT molecular complexity index is 496. The molecule has 1 heterocycles. The van der Waals surface area contributed by atoms with E-state index in [0.29, 0.717) is 23.3 Å². The van der Waals surface area contributed by atoms with Gasteiger partial charge in [0.25, 0.3) is 0 Å². The van der Waals surface area contributed by atoms with Gasteiger partial charge in [0.1, 0.15) is 5.75 Å². The highest BCUT2D eigenvalue weighted by Gasteiger charge is 2.07. The lowest BCUT2D eigenvalue weighted by molar-refractivity contribution is 0.420. The van der Waals surface area contributed by atoms with Gasteiger partial charge < -0.3 is 15.0 Å². The van der Waals surface area contributed by atoms with E-state index in [0.717, 1.165) is 5.56 Å². The van der Waals surface area contributed by atoms with E-state index in [-0.39, 0.29) is 0 Å².